The smallest absolute Gasteiger partial charge is 0.0810 e. The quantitative estimate of drug-likeness (QED) is 0.617. The van der Waals surface area contributed by atoms with Crippen molar-refractivity contribution >= 4 is 0 Å². The van der Waals surface area contributed by atoms with Gasteiger partial charge in [-0.3, -0.25) is 16.0 Å². The van der Waals surface area contributed by atoms with E-state index in [1.807, 2.05) is 24.7 Å². The number of nitrogens with zero attached hydrogens (tertiary/aromatic N) is 2. The maximum absolute atomic E-state index is 5.64. The Morgan fingerprint density at radius 3 is 2.63 bits per heavy atom. The van der Waals surface area contributed by atoms with Crippen LogP contribution in [0.4, 0.5) is 0 Å². The zero-order chi connectivity index (χ0) is 13.7. The second-order valence-corrected chi connectivity index (χ2v) is 4.93. The lowest BCUT2D eigenvalue weighted by Gasteiger charge is -2.13. The lowest BCUT2D eigenvalue weighted by atomic mass is 10.0. The van der Waals surface area contributed by atoms with Crippen LogP contribution in [0.2, 0.25) is 0 Å². The topological polar surface area (TPSA) is 55.9 Å². The van der Waals surface area contributed by atoms with Gasteiger partial charge in [-0.1, -0.05) is 30.3 Å². The monoisotopic (exact) mass is 258 g/mol. The number of rotatable bonds is 6. The molecule has 19 heavy (non-hydrogen) atoms. The first-order chi connectivity index (χ1) is 9.20. The fourth-order valence-electron chi connectivity index (χ4n) is 2.23. The van der Waals surface area contributed by atoms with Crippen molar-refractivity contribution < 1.29 is 0 Å². The van der Waals surface area contributed by atoms with Crippen LogP contribution in [-0.4, -0.2) is 9.78 Å². The molecule has 0 aliphatic carbocycles. The van der Waals surface area contributed by atoms with Crippen molar-refractivity contribution in [3.63, 3.8) is 0 Å². The molecule has 1 aromatic heterocycles. The molecule has 0 aliphatic heterocycles. The Hall–Kier alpha value is -1.65. The Morgan fingerprint density at radius 2 is 2.05 bits per heavy atom. The number of aromatic nitrogens is 2. The van der Waals surface area contributed by atoms with Crippen LogP contribution in [0.15, 0.2) is 36.4 Å². The van der Waals surface area contributed by atoms with Crippen molar-refractivity contribution in [3.05, 3.63) is 53.3 Å². The average Bonchev–Trinajstić information content (AvgIpc) is 2.76. The molecule has 1 aromatic carbocycles. The van der Waals surface area contributed by atoms with Gasteiger partial charge in [-0.25, -0.2) is 0 Å². The van der Waals surface area contributed by atoms with Gasteiger partial charge in [-0.2, -0.15) is 5.10 Å². The number of nitrogens with one attached hydrogen (secondary N) is 1. The Bertz CT molecular complexity index is 485. The molecule has 4 nitrogen and oxygen atoms in total. The van der Waals surface area contributed by atoms with Gasteiger partial charge in [-0.05, 0) is 37.8 Å². The number of aryl methyl sites for hydroxylation is 3. The fourth-order valence-corrected chi connectivity index (χ4v) is 2.23. The average molecular weight is 258 g/mol. The van der Waals surface area contributed by atoms with Crippen molar-refractivity contribution in [1.29, 1.82) is 0 Å². The summed E-state index contributed by atoms with van der Waals surface area (Å²) in [7, 11) is 1.95. The molecule has 102 valence electrons. The Balaban J connectivity index is 1.89. The Labute approximate surface area is 114 Å². The highest BCUT2D eigenvalue weighted by molar-refractivity contribution is 5.15. The molecule has 0 bridgehead atoms. The van der Waals surface area contributed by atoms with Crippen LogP contribution in [0.1, 0.15) is 35.8 Å². The van der Waals surface area contributed by atoms with Crippen LogP contribution in [0, 0.1) is 6.92 Å². The van der Waals surface area contributed by atoms with E-state index < -0.39 is 0 Å². The predicted octanol–water partition coefficient (Wildman–Crippen LogP) is 2.26. The maximum Gasteiger partial charge on any atom is 0.0810 e. The molecule has 0 radical (unpaired) electrons. The molecule has 0 aliphatic rings. The summed E-state index contributed by atoms with van der Waals surface area (Å²) in [5.74, 6) is 5.64. The van der Waals surface area contributed by atoms with Crippen molar-refractivity contribution in [2.45, 2.75) is 32.2 Å². The van der Waals surface area contributed by atoms with Crippen LogP contribution < -0.4 is 11.3 Å². The SMILES string of the molecule is Cc1cc(C(CCCc2ccccc2)NN)nn1C. The third-order valence-corrected chi connectivity index (χ3v) is 3.49. The van der Waals surface area contributed by atoms with Gasteiger partial charge in [0, 0.05) is 12.7 Å². The van der Waals surface area contributed by atoms with Gasteiger partial charge in [0.05, 0.1) is 11.7 Å². The summed E-state index contributed by atoms with van der Waals surface area (Å²) in [4.78, 5) is 0. The number of hydrogen-bond acceptors (Lipinski definition) is 3. The van der Waals surface area contributed by atoms with Crippen molar-refractivity contribution in [1.82, 2.24) is 15.2 Å². The zero-order valence-electron chi connectivity index (χ0n) is 11.6. The number of nitrogens with two attached hydrogens (primary N) is 1. The Kier molecular flexibility index (Phi) is 4.71. The molecule has 0 spiro atoms. The predicted molar refractivity (Wildman–Crippen MR) is 77.4 cm³/mol. The van der Waals surface area contributed by atoms with Gasteiger partial charge < -0.3 is 0 Å². The number of benzene rings is 1. The first-order valence-electron chi connectivity index (χ1n) is 6.71. The minimum Gasteiger partial charge on any atom is -0.273 e. The van der Waals surface area contributed by atoms with Gasteiger partial charge in [-0.15, -0.1) is 0 Å². The van der Waals surface area contributed by atoms with Crippen LogP contribution in [-0.2, 0) is 13.5 Å². The molecule has 1 unspecified atom stereocenters. The van der Waals surface area contributed by atoms with Gasteiger partial charge >= 0.3 is 0 Å². The molecule has 1 heterocycles. The third-order valence-electron chi connectivity index (χ3n) is 3.49. The van der Waals surface area contributed by atoms with Gasteiger partial charge in [0.25, 0.3) is 0 Å². The van der Waals surface area contributed by atoms with Crippen LogP contribution in [0.5, 0.6) is 0 Å². The number of hydrogen-bond donors (Lipinski definition) is 2. The van der Waals surface area contributed by atoms with E-state index in [1.54, 1.807) is 0 Å². The maximum atomic E-state index is 5.64. The highest BCUT2D eigenvalue weighted by Gasteiger charge is 2.13. The van der Waals surface area contributed by atoms with E-state index >= 15 is 0 Å². The highest BCUT2D eigenvalue weighted by Crippen LogP contribution is 2.18. The van der Waals surface area contributed by atoms with E-state index in [9.17, 15) is 0 Å². The standard InChI is InChI=1S/C15H22N4/c1-12-11-15(18-19(12)2)14(17-16)10-6-9-13-7-4-3-5-8-13/h3-5,7-8,11,14,17H,6,9-10,16H2,1-2H3. The summed E-state index contributed by atoms with van der Waals surface area (Å²) in [6.07, 6.45) is 3.15. The van der Waals surface area contributed by atoms with E-state index in [4.69, 9.17) is 5.84 Å². The highest BCUT2D eigenvalue weighted by atomic mass is 15.3. The fraction of sp³-hybridized carbons (Fsp3) is 0.400. The molecule has 2 aromatic rings. The van der Waals surface area contributed by atoms with Gasteiger partial charge in [0.1, 0.15) is 0 Å². The third kappa shape index (κ3) is 3.66. The lowest BCUT2D eigenvalue weighted by molar-refractivity contribution is 0.482. The molecule has 0 saturated heterocycles. The minimum atomic E-state index is 0.128. The molecule has 3 N–H and O–H groups in total. The first kappa shape index (κ1) is 13.8. The van der Waals surface area contributed by atoms with Crippen LogP contribution in [0.25, 0.3) is 0 Å². The van der Waals surface area contributed by atoms with Crippen molar-refractivity contribution in [2.75, 3.05) is 0 Å². The summed E-state index contributed by atoms with van der Waals surface area (Å²) in [6, 6.07) is 12.7. The summed E-state index contributed by atoms with van der Waals surface area (Å²) < 4.78 is 1.89. The molecule has 0 fully saturated rings. The normalized spacial score (nSPS) is 12.6. The van der Waals surface area contributed by atoms with E-state index in [2.05, 4.69) is 40.9 Å². The summed E-state index contributed by atoms with van der Waals surface area (Å²) >= 11 is 0. The Morgan fingerprint density at radius 1 is 1.32 bits per heavy atom. The second kappa shape index (κ2) is 6.50. The molecular formula is C15H22N4. The minimum absolute atomic E-state index is 0.128. The second-order valence-electron chi connectivity index (χ2n) is 4.93. The van der Waals surface area contributed by atoms with E-state index in [-0.39, 0.29) is 6.04 Å². The number of hydrazine groups is 1. The molecular weight excluding hydrogens is 236 g/mol. The van der Waals surface area contributed by atoms with E-state index in [0.29, 0.717) is 0 Å². The lowest BCUT2D eigenvalue weighted by Crippen LogP contribution is -2.28. The van der Waals surface area contributed by atoms with Crippen molar-refractivity contribution in [2.24, 2.45) is 12.9 Å². The summed E-state index contributed by atoms with van der Waals surface area (Å²) in [6.45, 7) is 2.05. The van der Waals surface area contributed by atoms with Crippen LogP contribution in [0.3, 0.4) is 0 Å². The van der Waals surface area contributed by atoms with Crippen LogP contribution >= 0.6 is 0 Å². The molecule has 4 heteroatoms. The first-order valence-corrected chi connectivity index (χ1v) is 6.71. The zero-order valence-corrected chi connectivity index (χ0v) is 11.6. The molecule has 1 atom stereocenters. The van der Waals surface area contributed by atoms with Gasteiger partial charge in [0.15, 0.2) is 0 Å². The molecule has 2 rings (SSSR count). The van der Waals surface area contributed by atoms with Crippen molar-refractivity contribution in [3.8, 4) is 0 Å². The molecule has 0 amide bonds. The van der Waals surface area contributed by atoms with E-state index in [1.165, 1.54) is 5.56 Å². The van der Waals surface area contributed by atoms with E-state index in [0.717, 1.165) is 30.7 Å². The van der Waals surface area contributed by atoms with Gasteiger partial charge in [0.2, 0.25) is 0 Å². The molecule has 0 saturated carbocycles. The summed E-state index contributed by atoms with van der Waals surface area (Å²) in [5, 5.41) is 4.48. The largest absolute Gasteiger partial charge is 0.273 e. The summed E-state index contributed by atoms with van der Waals surface area (Å²) in [5.41, 5.74) is 6.42.